The van der Waals surface area contributed by atoms with E-state index in [2.05, 4.69) is 32.3 Å². The van der Waals surface area contributed by atoms with Crippen molar-refractivity contribution in [1.29, 1.82) is 0 Å². The molecule has 34 heavy (non-hydrogen) atoms. The molecule has 1 aliphatic heterocycles. The first-order valence-corrected chi connectivity index (χ1v) is 11.9. The maximum atomic E-state index is 13.1. The quantitative estimate of drug-likeness (QED) is 0.404. The van der Waals surface area contributed by atoms with Crippen LogP contribution in [0.3, 0.4) is 0 Å². The highest BCUT2D eigenvalue weighted by Crippen LogP contribution is 2.27. The molecule has 1 aliphatic rings. The highest BCUT2D eigenvalue weighted by Gasteiger charge is 2.28. The number of aryl methyl sites for hydroxylation is 1. The normalized spacial score (nSPS) is 17.1. The molecule has 1 saturated heterocycles. The molecular formula is C25H30N6O3. The minimum atomic E-state index is -0.103. The maximum Gasteiger partial charge on any atom is 0.252 e. The molecule has 1 fully saturated rings. The second-order valence-corrected chi connectivity index (χ2v) is 8.93. The first kappa shape index (κ1) is 22.5. The summed E-state index contributed by atoms with van der Waals surface area (Å²) in [7, 11) is 0. The zero-order chi connectivity index (χ0) is 23.5. The predicted octanol–water partition coefficient (Wildman–Crippen LogP) is 3.75. The summed E-state index contributed by atoms with van der Waals surface area (Å²) >= 11 is 0. The van der Waals surface area contributed by atoms with E-state index in [1.165, 1.54) is 0 Å². The van der Waals surface area contributed by atoms with Crippen LogP contribution in [0, 0.1) is 6.92 Å². The number of benzene rings is 1. The average Bonchev–Trinajstić information content (AvgIpc) is 3.60. The van der Waals surface area contributed by atoms with Gasteiger partial charge in [-0.05, 0) is 65.8 Å². The van der Waals surface area contributed by atoms with Gasteiger partial charge in [-0.3, -0.25) is 9.69 Å². The Morgan fingerprint density at radius 1 is 1.26 bits per heavy atom. The van der Waals surface area contributed by atoms with Crippen molar-refractivity contribution in [3.8, 4) is 0 Å². The Balaban J connectivity index is 1.49. The second kappa shape index (κ2) is 9.90. The van der Waals surface area contributed by atoms with Crippen molar-refractivity contribution in [2.45, 2.75) is 64.9 Å². The minimum absolute atomic E-state index is 0.0833. The molecule has 0 radical (unpaired) electrons. The molecule has 178 valence electrons. The van der Waals surface area contributed by atoms with E-state index in [9.17, 15) is 4.79 Å². The van der Waals surface area contributed by atoms with Crippen molar-refractivity contribution in [3.05, 3.63) is 75.7 Å². The van der Waals surface area contributed by atoms with E-state index in [0.717, 1.165) is 53.9 Å². The number of furan rings is 1. The molecule has 4 aromatic rings. The summed E-state index contributed by atoms with van der Waals surface area (Å²) < 4.78 is 13.3. The number of rotatable bonds is 9. The van der Waals surface area contributed by atoms with E-state index in [1.807, 2.05) is 48.0 Å². The van der Waals surface area contributed by atoms with Gasteiger partial charge in [0, 0.05) is 18.7 Å². The Morgan fingerprint density at radius 3 is 2.94 bits per heavy atom. The molecule has 3 aromatic heterocycles. The first-order chi connectivity index (χ1) is 16.6. The molecule has 2 atom stereocenters. The number of pyridine rings is 1. The summed E-state index contributed by atoms with van der Waals surface area (Å²) in [4.78, 5) is 18.3. The van der Waals surface area contributed by atoms with Gasteiger partial charge in [0.25, 0.3) is 5.56 Å². The molecule has 1 aromatic carbocycles. The number of nitrogens with one attached hydrogen (secondary N) is 1. The van der Waals surface area contributed by atoms with E-state index in [1.54, 1.807) is 6.26 Å². The lowest BCUT2D eigenvalue weighted by Gasteiger charge is -2.29. The number of aromatic nitrogens is 5. The molecule has 0 unspecified atom stereocenters. The first-order valence-electron chi connectivity index (χ1n) is 11.9. The lowest BCUT2D eigenvalue weighted by molar-refractivity contribution is 0.0882. The van der Waals surface area contributed by atoms with Gasteiger partial charge in [-0.2, -0.15) is 0 Å². The number of hydrogen-bond acceptors (Lipinski definition) is 7. The Morgan fingerprint density at radius 2 is 2.18 bits per heavy atom. The molecule has 0 amide bonds. The van der Waals surface area contributed by atoms with E-state index >= 15 is 0 Å². The van der Waals surface area contributed by atoms with Gasteiger partial charge in [0.15, 0.2) is 5.82 Å². The van der Waals surface area contributed by atoms with Crippen LogP contribution in [0.5, 0.6) is 0 Å². The fraction of sp³-hybridized carbons (Fsp3) is 0.440. The molecule has 4 heterocycles. The number of H-pyrrole nitrogens is 1. The zero-order valence-electron chi connectivity index (χ0n) is 19.6. The summed E-state index contributed by atoms with van der Waals surface area (Å²) in [6.45, 7) is 6.49. The van der Waals surface area contributed by atoms with Crippen LogP contribution in [0.4, 0.5) is 0 Å². The van der Waals surface area contributed by atoms with Crippen LogP contribution >= 0.6 is 0 Å². The minimum Gasteiger partial charge on any atom is -0.468 e. The van der Waals surface area contributed by atoms with E-state index in [0.29, 0.717) is 25.2 Å². The van der Waals surface area contributed by atoms with Crippen molar-refractivity contribution in [3.63, 3.8) is 0 Å². The fourth-order valence-electron chi connectivity index (χ4n) is 4.81. The van der Waals surface area contributed by atoms with Crippen molar-refractivity contribution >= 4 is 10.9 Å². The van der Waals surface area contributed by atoms with Crippen LogP contribution in [0.2, 0.25) is 0 Å². The Hall–Kier alpha value is -3.30. The molecule has 9 nitrogen and oxygen atoms in total. The van der Waals surface area contributed by atoms with Crippen molar-refractivity contribution in [1.82, 2.24) is 30.1 Å². The molecule has 0 aliphatic carbocycles. The van der Waals surface area contributed by atoms with Crippen LogP contribution in [0.15, 0.2) is 51.9 Å². The number of para-hydroxylation sites is 1. The van der Waals surface area contributed by atoms with Crippen LogP contribution in [-0.2, 0) is 24.4 Å². The van der Waals surface area contributed by atoms with E-state index in [-0.39, 0.29) is 17.7 Å². The van der Waals surface area contributed by atoms with Gasteiger partial charge in [0.05, 0.1) is 37.0 Å². The third-order valence-electron chi connectivity index (χ3n) is 6.56. The van der Waals surface area contributed by atoms with Crippen molar-refractivity contribution in [2.75, 3.05) is 6.61 Å². The van der Waals surface area contributed by atoms with Gasteiger partial charge in [0.2, 0.25) is 0 Å². The number of nitrogens with zero attached hydrogens (tertiary/aromatic N) is 5. The second-order valence-electron chi connectivity index (χ2n) is 8.93. The third kappa shape index (κ3) is 4.67. The monoisotopic (exact) mass is 462 g/mol. The Kier molecular flexibility index (Phi) is 6.55. The summed E-state index contributed by atoms with van der Waals surface area (Å²) in [5, 5.41) is 13.6. The predicted molar refractivity (Wildman–Crippen MR) is 127 cm³/mol. The van der Waals surface area contributed by atoms with E-state index < -0.39 is 0 Å². The largest absolute Gasteiger partial charge is 0.468 e. The van der Waals surface area contributed by atoms with E-state index in [4.69, 9.17) is 9.15 Å². The van der Waals surface area contributed by atoms with Crippen LogP contribution in [-0.4, -0.2) is 42.8 Å². The molecule has 5 rings (SSSR count). The Bertz CT molecular complexity index is 1290. The standard InChI is InChI=1S/C25H30N6O3/c1-3-22(24-27-28-29-31(24)16-21-10-6-12-34-21)30(15-20-9-5-11-33-20)14-19-13-18-8-4-7-17(2)23(18)26-25(19)32/h4-5,7-9,11,13,21-22H,3,6,10,12,14-16H2,1-2H3,(H,26,32)/t21-,22-/m0/s1. The highest BCUT2D eigenvalue weighted by molar-refractivity contribution is 5.81. The van der Waals surface area contributed by atoms with Crippen LogP contribution in [0.1, 0.15) is 54.9 Å². The molecule has 0 spiro atoms. The third-order valence-corrected chi connectivity index (χ3v) is 6.56. The van der Waals surface area contributed by atoms with Gasteiger partial charge in [0.1, 0.15) is 5.76 Å². The number of hydrogen-bond donors (Lipinski definition) is 1. The molecule has 1 N–H and O–H groups in total. The maximum absolute atomic E-state index is 13.1. The van der Waals surface area contributed by atoms with Crippen LogP contribution in [0.25, 0.3) is 10.9 Å². The molecule has 0 bridgehead atoms. The number of aromatic amines is 1. The SMILES string of the molecule is CC[C@@H](c1nnnn1C[C@@H]1CCCO1)N(Cc1ccco1)Cc1cc2cccc(C)c2[nH]c1=O. The number of ether oxygens (including phenoxy) is 1. The highest BCUT2D eigenvalue weighted by atomic mass is 16.5. The van der Waals surface area contributed by atoms with Gasteiger partial charge >= 0.3 is 0 Å². The summed E-state index contributed by atoms with van der Waals surface area (Å²) in [6, 6.07) is 11.7. The smallest absolute Gasteiger partial charge is 0.252 e. The summed E-state index contributed by atoms with van der Waals surface area (Å²) in [5.41, 5.74) is 2.54. The fourth-order valence-corrected chi connectivity index (χ4v) is 4.81. The van der Waals surface area contributed by atoms with Gasteiger partial charge in [-0.1, -0.05) is 25.1 Å². The van der Waals surface area contributed by atoms with Gasteiger partial charge in [-0.25, -0.2) is 4.68 Å². The van der Waals surface area contributed by atoms with Crippen molar-refractivity contribution < 1.29 is 9.15 Å². The molecular weight excluding hydrogens is 432 g/mol. The summed E-state index contributed by atoms with van der Waals surface area (Å²) in [5.74, 6) is 1.60. The average molecular weight is 463 g/mol. The number of fused-ring (bicyclic) bond motifs is 1. The van der Waals surface area contributed by atoms with Crippen LogP contribution < -0.4 is 5.56 Å². The number of tetrazole rings is 1. The van der Waals surface area contributed by atoms with Gasteiger partial charge in [-0.15, -0.1) is 5.10 Å². The van der Waals surface area contributed by atoms with Crippen molar-refractivity contribution in [2.24, 2.45) is 0 Å². The lowest BCUT2D eigenvalue weighted by atomic mass is 10.1. The lowest BCUT2D eigenvalue weighted by Crippen LogP contribution is -2.33. The topological polar surface area (TPSA) is 102 Å². The molecule has 0 saturated carbocycles. The summed E-state index contributed by atoms with van der Waals surface area (Å²) in [6.07, 6.45) is 4.65. The zero-order valence-corrected chi connectivity index (χ0v) is 19.6. The Labute approximate surface area is 197 Å². The van der Waals surface area contributed by atoms with Gasteiger partial charge < -0.3 is 14.1 Å². The molecule has 9 heteroatoms.